The minimum Gasteiger partial charge on any atom is -0.349 e. The number of amides is 2. The molecule has 3 heterocycles. The number of benzene rings is 1. The van der Waals surface area contributed by atoms with Gasteiger partial charge in [0.1, 0.15) is 6.04 Å². The van der Waals surface area contributed by atoms with Crippen molar-refractivity contribution >= 4 is 21.8 Å². The fourth-order valence-corrected chi connectivity index (χ4v) is 5.61. The Labute approximate surface area is 188 Å². The Morgan fingerprint density at radius 3 is 2.38 bits per heavy atom. The molecule has 32 heavy (non-hydrogen) atoms. The summed E-state index contributed by atoms with van der Waals surface area (Å²) in [6.07, 6.45) is 4.80. The lowest BCUT2D eigenvalue weighted by Gasteiger charge is -2.40. The van der Waals surface area contributed by atoms with Crippen molar-refractivity contribution in [3.05, 3.63) is 65.5 Å². The Morgan fingerprint density at radius 2 is 1.72 bits per heavy atom. The molecule has 1 atom stereocenters. The predicted octanol–water partition coefficient (Wildman–Crippen LogP) is 1.58. The molecule has 0 unspecified atom stereocenters. The summed E-state index contributed by atoms with van der Waals surface area (Å²) in [5.41, 5.74) is 2.53. The number of aromatic nitrogens is 1. The van der Waals surface area contributed by atoms with Crippen LogP contribution in [0.15, 0.2) is 48.8 Å². The molecule has 0 saturated carbocycles. The lowest BCUT2D eigenvalue weighted by Crippen LogP contribution is -2.56. The van der Waals surface area contributed by atoms with Crippen molar-refractivity contribution in [2.75, 3.05) is 18.8 Å². The largest absolute Gasteiger partial charge is 0.349 e. The SMILES string of the molecule is CCS(=O)(=O)N1Cc2ccccc2C[C@H]1C(=O)N1CCC(NC(=O)c2ccncc2)CC1. The van der Waals surface area contributed by atoms with Gasteiger partial charge < -0.3 is 10.2 Å². The van der Waals surface area contributed by atoms with Crippen LogP contribution in [0.5, 0.6) is 0 Å². The van der Waals surface area contributed by atoms with Crippen molar-refractivity contribution in [1.29, 1.82) is 0 Å². The van der Waals surface area contributed by atoms with Crippen LogP contribution in [0.2, 0.25) is 0 Å². The highest BCUT2D eigenvalue weighted by molar-refractivity contribution is 7.89. The number of likely N-dealkylation sites (tertiary alicyclic amines) is 1. The molecule has 2 amide bonds. The van der Waals surface area contributed by atoms with Gasteiger partial charge in [-0.05, 0) is 49.4 Å². The Morgan fingerprint density at radius 1 is 1.06 bits per heavy atom. The van der Waals surface area contributed by atoms with E-state index in [0.29, 0.717) is 37.9 Å². The highest BCUT2D eigenvalue weighted by atomic mass is 32.2. The van der Waals surface area contributed by atoms with Gasteiger partial charge in [0.05, 0.1) is 5.75 Å². The van der Waals surface area contributed by atoms with Gasteiger partial charge in [-0.25, -0.2) is 8.42 Å². The van der Waals surface area contributed by atoms with E-state index >= 15 is 0 Å². The van der Waals surface area contributed by atoms with Crippen LogP contribution in [0, 0.1) is 0 Å². The summed E-state index contributed by atoms with van der Waals surface area (Å²) in [5.74, 6) is -0.348. The number of carbonyl (C=O) groups is 2. The van der Waals surface area contributed by atoms with Crippen molar-refractivity contribution in [2.45, 2.75) is 44.8 Å². The van der Waals surface area contributed by atoms with E-state index in [1.54, 1.807) is 36.4 Å². The molecule has 1 aromatic heterocycles. The zero-order valence-electron chi connectivity index (χ0n) is 18.1. The number of carbonyl (C=O) groups excluding carboxylic acids is 2. The topological polar surface area (TPSA) is 99.7 Å². The molecule has 1 N–H and O–H groups in total. The molecule has 9 heteroatoms. The van der Waals surface area contributed by atoms with Crippen LogP contribution >= 0.6 is 0 Å². The molecule has 4 rings (SSSR count). The summed E-state index contributed by atoms with van der Waals surface area (Å²) in [4.78, 5) is 31.5. The van der Waals surface area contributed by atoms with E-state index in [2.05, 4.69) is 10.3 Å². The lowest BCUT2D eigenvalue weighted by molar-refractivity contribution is -0.136. The van der Waals surface area contributed by atoms with Gasteiger partial charge in [0, 0.05) is 43.6 Å². The fraction of sp³-hybridized carbons (Fsp3) is 0.435. The number of hydrogen-bond acceptors (Lipinski definition) is 5. The summed E-state index contributed by atoms with van der Waals surface area (Å²) in [6, 6.07) is 10.3. The van der Waals surface area contributed by atoms with Gasteiger partial charge in [0.15, 0.2) is 0 Å². The van der Waals surface area contributed by atoms with E-state index < -0.39 is 16.1 Å². The van der Waals surface area contributed by atoms with Gasteiger partial charge in [-0.1, -0.05) is 24.3 Å². The minimum atomic E-state index is -3.53. The summed E-state index contributed by atoms with van der Waals surface area (Å²) < 4.78 is 26.9. The second-order valence-corrected chi connectivity index (χ2v) is 10.5. The van der Waals surface area contributed by atoms with Gasteiger partial charge in [-0.2, -0.15) is 4.31 Å². The maximum atomic E-state index is 13.4. The second kappa shape index (κ2) is 9.38. The molecule has 0 aliphatic carbocycles. The first kappa shape index (κ1) is 22.4. The van der Waals surface area contributed by atoms with Crippen LogP contribution < -0.4 is 5.32 Å². The maximum absolute atomic E-state index is 13.4. The molecule has 2 aliphatic heterocycles. The maximum Gasteiger partial charge on any atom is 0.251 e. The smallest absolute Gasteiger partial charge is 0.251 e. The predicted molar refractivity (Wildman–Crippen MR) is 120 cm³/mol. The van der Waals surface area contributed by atoms with Gasteiger partial charge in [0.25, 0.3) is 5.91 Å². The van der Waals surface area contributed by atoms with E-state index in [1.165, 1.54) is 4.31 Å². The second-order valence-electron chi connectivity index (χ2n) is 8.24. The molecule has 8 nitrogen and oxygen atoms in total. The van der Waals surface area contributed by atoms with Gasteiger partial charge in [-0.15, -0.1) is 0 Å². The molecule has 1 fully saturated rings. The third kappa shape index (κ3) is 4.68. The zero-order chi connectivity index (χ0) is 22.7. The number of rotatable bonds is 5. The Bertz CT molecular complexity index is 1080. The molecular weight excluding hydrogens is 428 g/mol. The third-order valence-electron chi connectivity index (χ3n) is 6.30. The molecule has 0 bridgehead atoms. The van der Waals surface area contributed by atoms with Crippen LogP contribution in [0.3, 0.4) is 0 Å². The van der Waals surface area contributed by atoms with Crippen LogP contribution in [-0.4, -0.2) is 65.3 Å². The third-order valence-corrected chi connectivity index (χ3v) is 8.12. The molecule has 2 aromatic rings. The van der Waals surface area contributed by atoms with Crippen molar-refractivity contribution in [3.8, 4) is 0 Å². The molecule has 2 aliphatic rings. The van der Waals surface area contributed by atoms with Crippen molar-refractivity contribution in [3.63, 3.8) is 0 Å². The summed E-state index contributed by atoms with van der Waals surface area (Å²) in [6.45, 7) is 2.80. The van der Waals surface area contributed by atoms with Crippen LogP contribution in [0.25, 0.3) is 0 Å². The van der Waals surface area contributed by atoms with E-state index in [9.17, 15) is 18.0 Å². The van der Waals surface area contributed by atoms with Crippen LogP contribution in [-0.2, 0) is 27.8 Å². The van der Waals surface area contributed by atoms with Crippen LogP contribution in [0.4, 0.5) is 0 Å². The quantitative estimate of drug-likeness (QED) is 0.736. The van der Waals surface area contributed by atoms with Crippen LogP contribution in [0.1, 0.15) is 41.3 Å². The number of piperidine rings is 1. The van der Waals surface area contributed by atoms with Gasteiger partial charge >= 0.3 is 0 Å². The summed E-state index contributed by atoms with van der Waals surface area (Å²) in [7, 11) is -3.53. The molecular formula is C23H28N4O4S. The molecule has 0 radical (unpaired) electrons. The number of nitrogens with zero attached hydrogens (tertiary/aromatic N) is 3. The van der Waals surface area contributed by atoms with E-state index in [4.69, 9.17) is 0 Å². The zero-order valence-corrected chi connectivity index (χ0v) is 18.9. The molecule has 170 valence electrons. The first-order chi connectivity index (χ1) is 15.4. The standard InChI is InChI=1S/C23H28N4O4S/c1-2-32(30,31)27-16-19-6-4-3-5-18(19)15-21(27)23(29)26-13-9-20(10-14-26)25-22(28)17-7-11-24-12-8-17/h3-8,11-12,20-21H,2,9-10,13-16H2,1H3,(H,25,28)/t21-/m0/s1. The number of sulfonamides is 1. The minimum absolute atomic E-state index is 0.0257. The Kier molecular flexibility index (Phi) is 6.57. The fourth-order valence-electron chi connectivity index (χ4n) is 4.39. The van der Waals surface area contributed by atoms with Crippen molar-refractivity contribution in [2.24, 2.45) is 0 Å². The van der Waals surface area contributed by atoms with Gasteiger partial charge in [-0.3, -0.25) is 14.6 Å². The average molecular weight is 457 g/mol. The summed E-state index contributed by atoms with van der Waals surface area (Å²) >= 11 is 0. The van der Waals surface area contributed by atoms with E-state index in [-0.39, 0.29) is 30.2 Å². The highest BCUT2D eigenvalue weighted by Gasteiger charge is 2.40. The summed E-state index contributed by atoms with van der Waals surface area (Å²) in [5, 5.41) is 3.02. The highest BCUT2D eigenvalue weighted by Crippen LogP contribution is 2.28. The van der Waals surface area contributed by atoms with Gasteiger partial charge in [0.2, 0.25) is 15.9 Å². The normalized spacial score (nSPS) is 19.9. The number of pyridine rings is 1. The lowest BCUT2D eigenvalue weighted by atomic mass is 9.94. The molecule has 1 aromatic carbocycles. The number of hydrogen-bond donors (Lipinski definition) is 1. The average Bonchev–Trinajstić information content (AvgIpc) is 2.83. The number of nitrogens with one attached hydrogen (secondary N) is 1. The molecule has 1 saturated heterocycles. The van der Waals surface area contributed by atoms with Crippen molar-refractivity contribution in [1.82, 2.24) is 19.5 Å². The first-order valence-corrected chi connectivity index (χ1v) is 12.6. The van der Waals surface area contributed by atoms with E-state index in [1.807, 2.05) is 24.3 Å². The van der Waals surface area contributed by atoms with Crippen molar-refractivity contribution < 1.29 is 18.0 Å². The first-order valence-electron chi connectivity index (χ1n) is 10.9. The Balaban J connectivity index is 1.43. The monoisotopic (exact) mass is 456 g/mol. The number of fused-ring (bicyclic) bond motifs is 1. The Hall–Kier alpha value is -2.78. The molecule has 0 spiro atoms. The van der Waals surface area contributed by atoms with E-state index in [0.717, 1.165) is 11.1 Å².